The summed E-state index contributed by atoms with van der Waals surface area (Å²) in [7, 11) is 0. The first kappa shape index (κ1) is 18.9. The molecule has 0 saturated carbocycles. The van der Waals surface area contributed by atoms with Crippen LogP contribution in [0.3, 0.4) is 0 Å². The number of hydrogen-bond acceptors (Lipinski definition) is 5. The summed E-state index contributed by atoms with van der Waals surface area (Å²) < 4.78 is 18.8. The molecule has 7 nitrogen and oxygen atoms in total. The van der Waals surface area contributed by atoms with E-state index < -0.39 is 0 Å². The summed E-state index contributed by atoms with van der Waals surface area (Å²) in [6.45, 7) is 1.88. The summed E-state index contributed by atoms with van der Waals surface area (Å²) in [6.07, 6.45) is 8.96. The van der Waals surface area contributed by atoms with Gasteiger partial charge < -0.3 is 19.1 Å². The lowest BCUT2D eigenvalue weighted by Gasteiger charge is -2.38. The highest BCUT2D eigenvalue weighted by molar-refractivity contribution is 6.32. The maximum absolute atomic E-state index is 12.8. The number of halogens is 1. The van der Waals surface area contributed by atoms with Crippen molar-refractivity contribution in [3.8, 4) is 5.75 Å². The number of ether oxygens (including phenoxy) is 3. The van der Waals surface area contributed by atoms with Gasteiger partial charge in [-0.15, -0.1) is 0 Å². The van der Waals surface area contributed by atoms with E-state index in [-0.39, 0.29) is 36.8 Å². The Labute approximate surface area is 174 Å². The van der Waals surface area contributed by atoms with Gasteiger partial charge in [0, 0.05) is 43.7 Å². The van der Waals surface area contributed by atoms with E-state index in [0.717, 1.165) is 31.2 Å². The molecule has 4 heterocycles. The van der Waals surface area contributed by atoms with Crippen molar-refractivity contribution in [2.24, 2.45) is 0 Å². The van der Waals surface area contributed by atoms with Crippen LogP contribution in [0.15, 0.2) is 36.9 Å². The maximum atomic E-state index is 12.8. The predicted molar refractivity (Wildman–Crippen MR) is 106 cm³/mol. The molecule has 0 N–H and O–H groups in total. The van der Waals surface area contributed by atoms with Gasteiger partial charge in [-0.25, -0.2) is 9.78 Å². The molecule has 1 amide bonds. The van der Waals surface area contributed by atoms with E-state index >= 15 is 0 Å². The lowest BCUT2D eigenvalue weighted by Crippen LogP contribution is -2.50. The SMILES string of the molecule is CC1OC(Cc2ccc(O[C@H]3C[C@H]4CC[C@@H](C3)N4C(=O)n3ccnc3)c(Cl)c2)O1. The van der Waals surface area contributed by atoms with Crippen molar-refractivity contribution < 1.29 is 19.0 Å². The number of nitrogens with zero attached hydrogens (tertiary/aromatic N) is 3. The lowest BCUT2D eigenvalue weighted by molar-refractivity contribution is -0.374. The quantitative estimate of drug-likeness (QED) is 0.756. The van der Waals surface area contributed by atoms with Crippen LogP contribution < -0.4 is 4.74 Å². The minimum atomic E-state index is -0.194. The van der Waals surface area contributed by atoms with Gasteiger partial charge in [0.05, 0.1) is 5.02 Å². The van der Waals surface area contributed by atoms with E-state index in [0.29, 0.717) is 17.2 Å². The van der Waals surface area contributed by atoms with Crippen LogP contribution in [-0.2, 0) is 15.9 Å². The molecule has 0 radical (unpaired) electrons. The average molecular weight is 418 g/mol. The second-order valence-electron chi connectivity index (χ2n) is 7.99. The van der Waals surface area contributed by atoms with E-state index in [2.05, 4.69) is 4.98 Å². The Morgan fingerprint density at radius 3 is 2.66 bits per heavy atom. The summed E-state index contributed by atoms with van der Waals surface area (Å²) in [6, 6.07) is 6.24. The monoisotopic (exact) mass is 417 g/mol. The Bertz CT molecular complexity index is 870. The molecule has 0 unspecified atom stereocenters. The van der Waals surface area contributed by atoms with Gasteiger partial charge in [0.2, 0.25) is 0 Å². The van der Waals surface area contributed by atoms with Crippen LogP contribution in [0.2, 0.25) is 5.02 Å². The molecule has 3 aliphatic rings. The highest BCUT2D eigenvalue weighted by Gasteiger charge is 2.44. The number of imidazole rings is 1. The van der Waals surface area contributed by atoms with Crippen molar-refractivity contribution in [3.63, 3.8) is 0 Å². The fourth-order valence-corrected chi connectivity index (χ4v) is 4.96. The lowest BCUT2D eigenvalue weighted by atomic mass is 10.00. The zero-order chi connectivity index (χ0) is 20.0. The number of benzene rings is 1. The van der Waals surface area contributed by atoms with Crippen molar-refractivity contribution in [1.82, 2.24) is 14.5 Å². The normalized spacial score (nSPS) is 30.8. The van der Waals surface area contributed by atoms with Gasteiger partial charge in [0.1, 0.15) is 18.2 Å². The molecule has 29 heavy (non-hydrogen) atoms. The number of amides is 1. The van der Waals surface area contributed by atoms with Gasteiger partial charge in [-0.1, -0.05) is 17.7 Å². The Balaban J connectivity index is 1.22. The molecule has 1 aromatic carbocycles. The first-order valence-corrected chi connectivity index (χ1v) is 10.5. The number of hydrogen-bond donors (Lipinski definition) is 0. The number of carbonyl (C=O) groups excluding carboxylic acids is 1. The molecular formula is C21H24ClN3O4. The number of aromatic nitrogens is 2. The number of rotatable bonds is 4. The summed E-state index contributed by atoms with van der Waals surface area (Å²) >= 11 is 6.48. The topological polar surface area (TPSA) is 65.8 Å². The van der Waals surface area contributed by atoms with Crippen LogP contribution in [-0.4, -0.2) is 51.2 Å². The first-order valence-electron chi connectivity index (χ1n) is 10.1. The molecule has 2 bridgehead atoms. The highest BCUT2D eigenvalue weighted by Crippen LogP contribution is 2.39. The largest absolute Gasteiger partial charge is 0.489 e. The van der Waals surface area contributed by atoms with Crippen molar-refractivity contribution in [2.45, 2.75) is 69.8 Å². The smallest absolute Gasteiger partial charge is 0.329 e. The minimum Gasteiger partial charge on any atom is -0.489 e. The third kappa shape index (κ3) is 3.74. The molecule has 154 valence electrons. The Kier molecular flexibility index (Phi) is 4.97. The zero-order valence-electron chi connectivity index (χ0n) is 16.2. The maximum Gasteiger partial charge on any atom is 0.329 e. The molecular weight excluding hydrogens is 394 g/mol. The van der Waals surface area contributed by atoms with E-state index in [4.69, 9.17) is 25.8 Å². The molecule has 3 saturated heterocycles. The van der Waals surface area contributed by atoms with Crippen LogP contribution in [0.1, 0.15) is 38.2 Å². The second-order valence-corrected chi connectivity index (χ2v) is 8.40. The van der Waals surface area contributed by atoms with Gasteiger partial charge in [0.25, 0.3) is 0 Å². The van der Waals surface area contributed by atoms with Crippen molar-refractivity contribution in [2.75, 3.05) is 0 Å². The Morgan fingerprint density at radius 2 is 2.03 bits per heavy atom. The fraction of sp³-hybridized carbons (Fsp3) is 0.524. The van der Waals surface area contributed by atoms with Crippen molar-refractivity contribution in [3.05, 3.63) is 47.5 Å². The summed E-state index contributed by atoms with van der Waals surface area (Å²) in [5.74, 6) is 0.693. The molecule has 8 heteroatoms. The van der Waals surface area contributed by atoms with E-state index in [1.807, 2.05) is 30.0 Å². The average Bonchev–Trinajstić information content (AvgIpc) is 3.29. The summed E-state index contributed by atoms with van der Waals surface area (Å²) in [5, 5.41) is 0.596. The van der Waals surface area contributed by atoms with E-state index in [1.165, 1.54) is 0 Å². The third-order valence-electron chi connectivity index (χ3n) is 6.02. The van der Waals surface area contributed by atoms with Gasteiger partial charge >= 0.3 is 6.03 Å². The second kappa shape index (κ2) is 7.63. The first-order chi connectivity index (χ1) is 14.1. The zero-order valence-corrected chi connectivity index (χ0v) is 17.0. The minimum absolute atomic E-state index is 0.00517. The third-order valence-corrected chi connectivity index (χ3v) is 6.31. The van der Waals surface area contributed by atoms with Gasteiger partial charge in [-0.3, -0.25) is 4.57 Å². The summed E-state index contributed by atoms with van der Waals surface area (Å²) in [5.41, 5.74) is 1.06. The van der Waals surface area contributed by atoms with E-state index in [9.17, 15) is 4.79 Å². The van der Waals surface area contributed by atoms with Gasteiger partial charge in [-0.05, 0) is 37.5 Å². The Morgan fingerprint density at radius 1 is 1.28 bits per heavy atom. The van der Waals surface area contributed by atoms with Gasteiger partial charge in [0.15, 0.2) is 12.6 Å². The molecule has 3 aliphatic heterocycles. The highest BCUT2D eigenvalue weighted by atomic mass is 35.5. The van der Waals surface area contributed by atoms with Gasteiger partial charge in [-0.2, -0.15) is 0 Å². The van der Waals surface area contributed by atoms with E-state index in [1.54, 1.807) is 23.3 Å². The molecule has 5 rings (SSSR count). The molecule has 3 fully saturated rings. The Hall–Kier alpha value is -2.09. The standard InChI is InChI=1S/C21H24ClN3O4/c1-13-27-20(28-13)9-14-2-5-19(18(22)8-14)29-17-10-15-3-4-16(11-17)25(15)21(26)24-7-6-23-12-24/h2,5-8,12-13,15-17,20H,3-4,9-11H2,1H3/t13?,15-,16+,17+,20?. The van der Waals surface area contributed by atoms with Crippen LogP contribution in [0, 0.1) is 0 Å². The number of piperidine rings is 1. The molecule has 2 aromatic rings. The van der Waals surface area contributed by atoms with Crippen LogP contribution in [0.4, 0.5) is 4.79 Å². The molecule has 3 atom stereocenters. The van der Waals surface area contributed by atoms with Crippen molar-refractivity contribution in [1.29, 1.82) is 0 Å². The molecule has 0 spiro atoms. The van der Waals surface area contributed by atoms with Crippen LogP contribution in [0.25, 0.3) is 0 Å². The predicted octanol–water partition coefficient (Wildman–Crippen LogP) is 3.84. The fourth-order valence-electron chi connectivity index (χ4n) is 4.71. The van der Waals surface area contributed by atoms with Crippen molar-refractivity contribution >= 4 is 17.6 Å². The summed E-state index contributed by atoms with van der Waals surface area (Å²) in [4.78, 5) is 18.8. The van der Waals surface area contributed by atoms with Crippen LogP contribution >= 0.6 is 11.6 Å². The number of fused-ring (bicyclic) bond motifs is 2. The number of carbonyl (C=O) groups is 1. The molecule has 0 aliphatic carbocycles. The van der Waals surface area contributed by atoms with Crippen LogP contribution in [0.5, 0.6) is 5.75 Å². The molecule has 1 aromatic heterocycles.